The van der Waals surface area contributed by atoms with Crippen LogP contribution in [0, 0.1) is 0 Å². The fourth-order valence-corrected chi connectivity index (χ4v) is 6.42. The minimum Gasteiger partial charge on any atom is -0.497 e. The van der Waals surface area contributed by atoms with Gasteiger partial charge < -0.3 is 24.0 Å². The lowest BCUT2D eigenvalue weighted by Crippen LogP contribution is -2.42. The van der Waals surface area contributed by atoms with Gasteiger partial charge in [-0.2, -0.15) is 0 Å². The molecule has 3 aromatic rings. The molecule has 1 saturated carbocycles. The molecule has 0 radical (unpaired) electrons. The molecule has 8 heteroatoms. The SMILES string of the molecule is COc1ccc(-c2c(C3CCCCC3)c3sc(C(=O)O)cc3n2CC(=O)N2CCOCC2)cc1. The van der Waals surface area contributed by atoms with Gasteiger partial charge in [0.15, 0.2) is 0 Å². The Kier molecular flexibility index (Phi) is 6.61. The van der Waals surface area contributed by atoms with Gasteiger partial charge in [-0.05, 0) is 60.2 Å². The lowest BCUT2D eigenvalue weighted by Gasteiger charge is -2.28. The highest BCUT2D eigenvalue weighted by Crippen LogP contribution is 2.47. The number of carbonyl (C=O) groups is 2. The zero-order valence-corrected chi connectivity index (χ0v) is 20.2. The van der Waals surface area contributed by atoms with Crippen molar-refractivity contribution in [1.29, 1.82) is 0 Å². The van der Waals surface area contributed by atoms with E-state index in [0.717, 1.165) is 40.1 Å². The maximum Gasteiger partial charge on any atom is 0.345 e. The van der Waals surface area contributed by atoms with Gasteiger partial charge >= 0.3 is 5.97 Å². The first-order valence-corrected chi connectivity index (χ1v) is 12.8. The second kappa shape index (κ2) is 9.80. The molecule has 1 aromatic carbocycles. The summed E-state index contributed by atoms with van der Waals surface area (Å²) in [6.45, 7) is 2.45. The van der Waals surface area contributed by atoms with Crippen molar-refractivity contribution in [1.82, 2.24) is 9.47 Å². The van der Waals surface area contributed by atoms with E-state index in [9.17, 15) is 14.7 Å². The summed E-state index contributed by atoms with van der Waals surface area (Å²) in [7, 11) is 1.65. The number of fused-ring (bicyclic) bond motifs is 1. The number of hydrogen-bond donors (Lipinski definition) is 1. The van der Waals surface area contributed by atoms with Crippen LogP contribution in [0.5, 0.6) is 5.75 Å². The zero-order chi connectivity index (χ0) is 23.7. The Morgan fingerprint density at radius 2 is 1.82 bits per heavy atom. The van der Waals surface area contributed by atoms with E-state index in [2.05, 4.69) is 4.57 Å². The van der Waals surface area contributed by atoms with Crippen LogP contribution in [0.2, 0.25) is 0 Å². The number of rotatable bonds is 6. The number of nitrogens with zero attached hydrogens (tertiary/aromatic N) is 2. The largest absolute Gasteiger partial charge is 0.497 e. The molecule has 5 rings (SSSR count). The molecule has 1 amide bonds. The van der Waals surface area contributed by atoms with Gasteiger partial charge in [-0.1, -0.05) is 19.3 Å². The molecule has 1 N–H and O–H groups in total. The van der Waals surface area contributed by atoms with Gasteiger partial charge in [0.2, 0.25) is 5.91 Å². The van der Waals surface area contributed by atoms with E-state index in [-0.39, 0.29) is 12.5 Å². The van der Waals surface area contributed by atoms with Crippen LogP contribution in [0.15, 0.2) is 30.3 Å². The molecular formula is C26H30N2O5S. The Labute approximate surface area is 202 Å². The van der Waals surface area contributed by atoms with Crippen molar-refractivity contribution >= 4 is 33.4 Å². The molecule has 2 fully saturated rings. The number of amides is 1. The molecule has 34 heavy (non-hydrogen) atoms. The molecule has 7 nitrogen and oxygen atoms in total. The van der Waals surface area contributed by atoms with Gasteiger partial charge in [0, 0.05) is 13.1 Å². The van der Waals surface area contributed by atoms with Crippen molar-refractivity contribution < 1.29 is 24.2 Å². The quantitative estimate of drug-likeness (QED) is 0.536. The highest BCUT2D eigenvalue weighted by atomic mass is 32.1. The van der Waals surface area contributed by atoms with Crippen molar-refractivity contribution in [3.63, 3.8) is 0 Å². The third-order valence-corrected chi connectivity index (χ3v) is 8.16. The highest BCUT2D eigenvalue weighted by Gasteiger charge is 2.30. The summed E-state index contributed by atoms with van der Waals surface area (Å²) >= 11 is 1.34. The normalized spacial score (nSPS) is 17.3. The van der Waals surface area contributed by atoms with Crippen molar-refractivity contribution in [2.45, 2.75) is 44.6 Å². The number of carboxylic acids is 1. The van der Waals surface area contributed by atoms with Gasteiger partial charge in [-0.15, -0.1) is 11.3 Å². The summed E-state index contributed by atoms with van der Waals surface area (Å²) < 4.78 is 13.9. The number of ether oxygens (including phenoxy) is 2. The molecule has 0 spiro atoms. The van der Waals surface area contributed by atoms with Gasteiger partial charge in [-0.25, -0.2) is 4.79 Å². The number of benzene rings is 1. The van der Waals surface area contributed by atoms with E-state index in [1.54, 1.807) is 13.2 Å². The standard InChI is InChI=1S/C26H30N2O5S/c1-32-19-9-7-18(8-10-19)24-23(17-5-3-2-4-6-17)25-20(15-21(34-25)26(30)31)28(24)16-22(29)27-11-13-33-14-12-27/h7-10,15,17H,2-6,11-14,16H2,1H3,(H,30,31). The minimum absolute atomic E-state index is 0.0354. The van der Waals surface area contributed by atoms with E-state index in [4.69, 9.17) is 9.47 Å². The van der Waals surface area contributed by atoms with Crippen LogP contribution in [0.3, 0.4) is 0 Å². The van der Waals surface area contributed by atoms with Crippen LogP contribution in [0.25, 0.3) is 21.5 Å². The Balaban J connectivity index is 1.68. The van der Waals surface area contributed by atoms with E-state index in [0.29, 0.717) is 37.1 Å². The second-order valence-electron chi connectivity index (χ2n) is 9.04. The molecular weight excluding hydrogens is 452 g/mol. The summed E-state index contributed by atoms with van der Waals surface area (Å²) in [5.74, 6) is 0.245. The minimum atomic E-state index is -0.923. The topological polar surface area (TPSA) is 81.0 Å². The Morgan fingerprint density at radius 3 is 2.47 bits per heavy atom. The van der Waals surface area contributed by atoms with E-state index in [1.807, 2.05) is 29.2 Å². The van der Waals surface area contributed by atoms with Crippen molar-refractivity contribution in [3.8, 4) is 17.0 Å². The molecule has 0 bridgehead atoms. The summed E-state index contributed by atoms with van der Waals surface area (Å²) in [5.41, 5.74) is 4.10. The first-order valence-electron chi connectivity index (χ1n) is 12.0. The van der Waals surface area contributed by atoms with Gasteiger partial charge in [0.1, 0.15) is 17.2 Å². The number of morpholine rings is 1. The highest BCUT2D eigenvalue weighted by molar-refractivity contribution is 7.21. The number of thiophene rings is 1. The van der Waals surface area contributed by atoms with Crippen molar-refractivity contribution in [3.05, 3.63) is 40.8 Å². The maximum atomic E-state index is 13.3. The zero-order valence-electron chi connectivity index (χ0n) is 19.4. The van der Waals surface area contributed by atoms with E-state index < -0.39 is 5.97 Å². The fraction of sp³-hybridized carbons (Fsp3) is 0.462. The fourth-order valence-electron chi connectivity index (χ4n) is 5.30. The molecule has 0 unspecified atom stereocenters. The molecule has 1 aliphatic carbocycles. The Bertz CT molecular complexity index is 1180. The second-order valence-corrected chi connectivity index (χ2v) is 10.1. The number of aromatic nitrogens is 1. The molecule has 180 valence electrons. The summed E-state index contributed by atoms with van der Waals surface area (Å²) in [6, 6.07) is 9.71. The predicted molar refractivity (Wildman–Crippen MR) is 132 cm³/mol. The first kappa shape index (κ1) is 22.9. The first-order chi connectivity index (χ1) is 16.6. The van der Waals surface area contributed by atoms with Crippen LogP contribution < -0.4 is 4.74 Å². The molecule has 2 aromatic heterocycles. The lowest BCUT2D eigenvalue weighted by atomic mass is 9.83. The molecule has 0 atom stereocenters. The van der Waals surface area contributed by atoms with Crippen molar-refractivity contribution in [2.24, 2.45) is 0 Å². The average molecular weight is 483 g/mol. The number of hydrogen-bond acceptors (Lipinski definition) is 5. The third kappa shape index (κ3) is 4.32. The number of methoxy groups -OCH3 is 1. The van der Waals surface area contributed by atoms with E-state index in [1.165, 1.54) is 36.2 Å². The van der Waals surface area contributed by atoms with Crippen LogP contribution in [-0.4, -0.2) is 59.9 Å². The summed E-state index contributed by atoms with van der Waals surface area (Å²) in [6.07, 6.45) is 5.74. The Hall–Kier alpha value is -2.84. The van der Waals surface area contributed by atoms with Crippen LogP contribution >= 0.6 is 11.3 Å². The molecule has 2 aliphatic rings. The van der Waals surface area contributed by atoms with Crippen molar-refractivity contribution in [2.75, 3.05) is 33.4 Å². The van der Waals surface area contributed by atoms with Crippen LogP contribution in [-0.2, 0) is 16.1 Å². The Morgan fingerprint density at radius 1 is 1.12 bits per heavy atom. The molecule has 3 heterocycles. The third-order valence-electron chi connectivity index (χ3n) is 7.02. The van der Waals surface area contributed by atoms with Crippen LogP contribution in [0.1, 0.15) is 53.3 Å². The lowest BCUT2D eigenvalue weighted by molar-refractivity contribution is -0.135. The number of carboxylic acid groups (broad SMARTS) is 1. The number of carbonyl (C=O) groups excluding carboxylic acids is 1. The smallest absolute Gasteiger partial charge is 0.345 e. The summed E-state index contributed by atoms with van der Waals surface area (Å²) in [4.78, 5) is 27.4. The molecule has 1 saturated heterocycles. The maximum absolute atomic E-state index is 13.3. The molecule has 1 aliphatic heterocycles. The monoisotopic (exact) mass is 482 g/mol. The summed E-state index contributed by atoms with van der Waals surface area (Å²) in [5, 5.41) is 9.72. The predicted octanol–water partition coefficient (Wildman–Crippen LogP) is 4.98. The average Bonchev–Trinajstić information content (AvgIpc) is 3.43. The van der Waals surface area contributed by atoms with Gasteiger partial charge in [0.25, 0.3) is 0 Å². The van der Waals surface area contributed by atoms with Gasteiger partial charge in [0.05, 0.1) is 36.2 Å². The number of aromatic carboxylic acids is 1. The van der Waals surface area contributed by atoms with Crippen LogP contribution in [0.4, 0.5) is 0 Å². The van der Waals surface area contributed by atoms with Gasteiger partial charge in [-0.3, -0.25) is 4.79 Å². The van der Waals surface area contributed by atoms with E-state index >= 15 is 0 Å².